The summed E-state index contributed by atoms with van der Waals surface area (Å²) in [4.78, 5) is 0. The highest BCUT2D eigenvalue weighted by molar-refractivity contribution is 6.30. The molecule has 0 spiro atoms. The quantitative estimate of drug-likeness (QED) is 0.782. The van der Waals surface area contributed by atoms with E-state index in [-0.39, 0.29) is 5.82 Å². The van der Waals surface area contributed by atoms with Gasteiger partial charge >= 0.3 is 0 Å². The second-order valence-electron chi connectivity index (χ2n) is 4.64. The van der Waals surface area contributed by atoms with Crippen molar-refractivity contribution in [3.05, 3.63) is 58.6 Å². The molecular formula is C16H16ClF2N. The van der Waals surface area contributed by atoms with Crippen molar-refractivity contribution in [3.8, 4) is 11.1 Å². The molecule has 1 N–H and O–H groups in total. The van der Waals surface area contributed by atoms with Gasteiger partial charge in [-0.1, -0.05) is 24.6 Å². The maximum Gasteiger partial charge on any atom is 0.125 e. The van der Waals surface area contributed by atoms with Gasteiger partial charge in [-0.3, -0.25) is 0 Å². The summed E-state index contributed by atoms with van der Waals surface area (Å²) in [5, 5.41) is 3.56. The van der Waals surface area contributed by atoms with Gasteiger partial charge in [-0.2, -0.15) is 0 Å². The molecule has 0 unspecified atom stereocenters. The van der Waals surface area contributed by atoms with Gasteiger partial charge < -0.3 is 5.32 Å². The topological polar surface area (TPSA) is 12.0 Å². The van der Waals surface area contributed by atoms with Crippen LogP contribution < -0.4 is 5.32 Å². The fraction of sp³-hybridized carbons (Fsp3) is 0.250. The molecule has 0 bridgehead atoms. The van der Waals surface area contributed by atoms with Crippen LogP contribution in [0.4, 0.5) is 8.78 Å². The Balaban J connectivity index is 2.40. The standard InChI is InChI=1S/C16H16ClF2N/c1-2-5-20-10-11-3-4-14(18)9-16(11)12-6-13(17)8-15(19)7-12/h3-4,6-9,20H,2,5,10H2,1H3. The molecule has 2 aromatic rings. The van der Waals surface area contributed by atoms with Crippen LogP contribution in [-0.2, 0) is 6.54 Å². The van der Waals surface area contributed by atoms with Gasteiger partial charge in [0.1, 0.15) is 11.6 Å². The van der Waals surface area contributed by atoms with Crippen LogP contribution in [0.25, 0.3) is 11.1 Å². The lowest BCUT2D eigenvalue weighted by Crippen LogP contribution is -2.14. The van der Waals surface area contributed by atoms with Crippen molar-refractivity contribution in [1.29, 1.82) is 0 Å². The minimum atomic E-state index is -0.427. The average Bonchev–Trinajstić information content (AvgIpc) is 2.39. The molecular weight excluding hydrogens is 280 g/mol. The van der Waals surface area contributed by atoms with Crippen LogP contribution in [0, 0.1) is 11.6 Å². The molecule has 0 atom stereocenters. The molecule has 0 amide bonds. The molecule has 0 aliphatic heterocycles. The Morgan fingerprint density at radius 2 is 1.85 bits per heavy atom. The van der Waals surface area contributed by atoms with E-state index in [9.17, 15) is 8.78 Å². The van der Waals surface area contributed by atoms with Crippen molar-refractivity contribution in [2.24, 2.45) is 0 Å². The van der Waals surface area contributed by atoms with E-state index in [1.165, 1.54) is 24.3 Å². The van der Waals surface area contributed by atoms with E-state index in [2.05, 4.69) is 12.2 Å². The Labute approximate surface area is 122 Å². The summed E-state index contributed by atoms with van der Waals surface area (Å²) in [5.74, 6) is -0.774. The third-order valence-electron chi connectivity index (χ3n) is 2.99. The maximum absolute atomic E-state index is 13.5. The molecule has 20 heavy (non-hydrogen) atoms. The summed E-state index contributed by atoms with van der Waals surface area (Å²) >= 11 is 5.87. The SMILES string of the molecule is CCCNCc1ccc(F)cc1-c1cc(F)cc(Cl)c1. The largest absolute Gasteiger partial charge is 0.313 e. The average molecular weight is 296 g/mol. The molecule has 0 saturated heterocycles. The van der Waals surface area contributed by atoms with Gasteiger partial charge in [-0.05, 0) is 60.0 Å². The van der Waals surface area contributed by atoms with E-state index in [4.69, 9.17) is 11.6 Å². The molecule has 4 heteroatoms. The van der Waals surface area contributed by atoms with E-state index in [0.29, 0.717) is 22.7 Å². The minimum absolute atomic E-state index is 0.303. The monoisotopic (exact) mass is 295 g/mol. The summed E-state index contributed by atoms with van der Waals surface area (Å²) in [6.45, 7) is 3.56. The van der Waals surface area contributed by atoms with Gasteiger partial charge in [0.05, 0.1) is 0 Å². The highest BCUT2D eigenvalue weighted by Gasteiger charge is 2.09. The van der Waals surface area contributed by atoms with Crippen molar-refractivity contribution in [2.45, 2.75) is 19.9 Å². The Morgan fingerprint density at radius 3 is 2.55 bits per heavy atom. The lowest BCUT2D eigenvalue weighted by atomic mass is 9.99. The Morgan fingerprint density at radius 1 is 1.05 bits per heavy atom. The first-order chi connectivity index (χ1) is 9.60. The first-order valence-electron chi connectivity index (χ1n) is 6.55. The molecule has 0 saturated carbocycles. The highest BCUT2D eigenvalue weighted by Crippen LogP contribution is 2.28. The smallest absolute Gasteiger partial charge is 0.125 e. The first-order valence-corrected chi connectivity index (χ1v) is 6.93. The lowest BCUT2D eigenvalue weighted by molar-refractivity contribution is 0.623. The van der Waals surface area contributed by atoms with E-state index >= 15 is 0 Å². The number of rotatable bonds is 5. The summed E-state index contributed by atoms with van der Waals surface area (Å²) in [7, 11) is 0. The predicted octanol–water partition coefficient (Wildman–Crippen LogP) is 4.78. The molecule has 1 nitrogen and oxygen atoms in total. The van der Waals surface area contributed by atoms with Crippen LogP contribution in [0.3, 0.4) is 0 Å². The van der Waals surface area contributed by atoms with E-state index in [0.717, 1.165) is 18.5 Å². The van der Waals surface area contributed by atoms with Gasteiger partial charge in [0.15, 0.2) is 0 Å². The predicted molar refractivity (Wildman–Crippen MR) is 78.8 cm³/mol. The van der Waals surface area contributed by atoms with Crippen LogP contribution in [-0.4, -0.2) is 6.54 Å². The third-order valence-corrected chi connectivity index (χ3v) is 3.21. The molecule has 2 rings (SSSR count). The molecule has 0 aliphatic rings. The van der Waals surface area contributed by atoms with E-state index < -0.39 is 5.82 Å². The highest BCUT2D eigenvalue weighted by atomic mass is 35.5. The summed E-state index contributed by atoms with van der Waals surface area (Å²) < 4.78 is 26.9. The van der Waals surface area contributed by atoms with E-state index in [1.54, 1.807) is 12.1 Å². The number of hydrogen-bond acceptors (Lipinski definition) is 1. The van der Waals surface area contributed by atoms with Crippen molar-refractivity contribution in [1.82, 2.24) is 5.32 Å². The lowest BCUT2D eigenvalue weighted by Gasteiger charge is -2.11. The van der Waals surface area contributed by atoms with Gasteiger partial charge in [0.2, 0.25) is 0 Å². The number of benzene rings is 2. The van der Waals surface area contributed by atoms with Gasteiger partial charge in [0.25, 0.3) is 0 Å². The van der Waals surface area contributed by atoms with E-state index in [1.807, 2.05) is 0 Å². The zero-order chi connectivity index (χ0) is 14.5. The van der Waals surface area contributed by atoms with Crippen molar-refractivity contribution in [2.75, 3.05) is 6.54 Å². The first kappa shape index (κ1) is 14.9. The fourth-order valence-electron chi connectivity index (χ4n) is 2.08. The Kier molecular flexibility index (Phi) is 5.10. The zero-order valence-electron chi connectivity index (χ0n) is 11.2. The van der Waals surface area contributed by atoms with Gasteiger partial charge in [-0.15, -0.1) is 0 Å². The molecule has 0 fully saturated rings. The number of hydrogen-bond donors (Lipinski definition) is 1. The Bertz CT molecular complexity index is 579. The van der Waals surface area contributed by atoms with Crippen LogP contribution in [0.15, 0.2) is 36.4 Å². The zero-order valence-corrected chi connectivity index (χ0v) is 12.0. The van der Waals surface area contributed by atoms with Crippen molar-refractivity contribution >= 4 is 11.6 Å². The van der Waals surface area contributed by atoms with Gasteiger partial charge in [0, 0.05) is 11.6 Å². The maximum atomic E-state index is 13.5. The molecule has 0 radical (unpaired) electrons. The molecule has 0 heterocycles. The normalized spacial score (nSPS) is 10.8. The molecule has 2 aromatic carbocycles. The molecule has 0 aromatic heterocycles. The number of nitrogens with one attached hydrogen (secondary N) is 1. The minimum Gasteiger partial charge on any atom is -0.313 e. The molecule has 0 aliphatic carbocycles. The second-order valence-corrected chi connectivity index (χ2v) is 5.07. The van der Waals surface area contributed by atoms with Crippen LogP contribution in [0.2, 0.25) is 5.02 Å². The summed E-state index contributed by atoms with van der Waals surface area (Å²) in [6.07, 6.45) is 1.02. The van der Waals surface area contributed by atoms with Crippen molar-refractivity contribution < 1.29 is 8.78 Å². The summed E-state index contributed by atoms with van der Waals surface area (Å²) in [5.41, 5.74) is 2.17. The Hall–Kier alpha value is -1.45. The summed E-state index contributed by atoms with van der Waals surface area (Å²) in [6, 6.07) is 8.78. The van der Waals surface area contributed by atoms with Crippen LogP contribution in [0.5, 0.6) is 0 Å². The third kappa shape index (κ3) is 3.78. The molecule has 106 valence electrons. The second kappa shape index (κ2) is 6.82. The van der Waals surface area contributed by atoms with Crippen molar-refractivity contribution in [3.63, 3.8) is 0 Å². The number of halogens is 3. The van der Waals surface area contributed by atoms with Gasteiger partial charge in [-0.25, -0.2) is 8.78 Å². The fourth-order valence-corrected chi connectivity index (χ4v) is 2.30. The van der Waals surface area contributed by atoms with Crippen LogP contribution in [0.1, 0.15) is 18.9 Å². The van der Waals surface area contributed by atoms with Crippen LogP contribution >= 0.6 is 11.6 Å².